The van der Waals surface area contributed by atoms with Crippen LogP contribution in [0.15, 0.2) is 106 Å². The summed E-state index contributed by atoms with van der Waals surface area (Å²) in [7, 11) is -3.65. The quantitative estimate of drug-likeness (QED) is 0.175. The first-order valence-electron chi connectivity index (χ1n) is 13.9. The second-order valence-corrected chi connectivity index (χ2v) is 12.3. The Kier molecular flexibility index (Phi) is 7.87. The van der Waals surface area contributed by atoms with Crippen molar-refractivity contribution < 1.29 is 12.8 Å². The molecule has 0 atom stereocenters. The fourth-order valence-electron chi connectivity index (χ4n) is 4.93. The average molecular weight is 592 g/mol. The van der Waals surface area contributed by atoms with Crippen molar-refractivity contribution >= 4 is 22.1 Å². The van der Waals surface area contributed by atoms with Gasteiger partial charge >= 0.3 is 0 Å². The number of nitrogens with zero attached hydrogens (tertiary/aromatic N) is 6. The van der Waals surface area contributed by atoms with E-state index in [4.69, 9.17) is 9.52 Å². The third-order valence-electron chi connectivity index (χ3n) is 7.37. The van der Waals surface area contributed by atoms with E-state index in [0.29, 0.717) is 41.7 Å². The Balaban J connectivity index is 1.33. The third kappa shape index (κ3) is 5.97. The van der Waals surface area contributed by atoms with E-state index in [-0.39, 0.29) is 16.5 Å². The lowest BCUT2D eigenvalue weighted by Gasteiger charge is -2.29. The molecular weight excluding hydrogens is 562 g/mol. The fraction of sp³-hybridized carbons (Fsp3) is 0.188. The Labute approximate surface area is 250 Å². The van der Waals surface area contributed by atoms with Gasteiger partial charge in [-0.05, 0) is 55.2 Å². The molecule has 216 valence electrons. The first-order chi connectivity index (χ1) is 20.9. The highest BCUT2D eigenvalue weighted by Crippen LogP contribution is 2.29. The number of nitrogens with one attached hydrogen (secondary N) is 1. The summed E-state index contributed by atoms with van der Waals surface area (Å²) in [6.07, 6.45) is 5.06. The van der Waals surface area contributed by atoms with Crippen LogP contribution in [0.4, 0.5) is 5.88 Å². The summed E-state index contributed by atoms with van der Waals surface area (Å²) in [5.74, 6) is 0.925. The number of hydrogen-bond acceptors (Lipinski definition) is 8. The van der Waals surface area contributed by atoms with Crippen molar-refractivity contribution in [3.63, 3.8) is 0 Å². The molecule has 11 heteroatoms. The van der Waals surface area contributed by atoms with Gasteiger partial charge in [0.05, 0.1) is 16.8 Å². The smallest absolute Gasteiger partial charge is 0.252 e. The lowest BCUT2D eigenvalue weighted by atomic mass is 10.0. The summed E-state index contributed by atoms with van der Waals surface area (Å²) in [4.78, 5) is 4.49. The molecule has 2 aromatic heterocycles. The van der Waals surface area contributed by atoms with Gasteiger partial charge in [-0.2, -0.15) is 24.8 Å². The van der Waals surface area contributed by atoms with Gasteiger partial charge < -0.3 is 4.42 Å². The van der Waals surface area contributed by atoms with E-state index in [1.807, 2.05) is 79.0 Å². The van der Waals surface area contributed by atoms with Gasteiger partial charge in [-0.15, -0.1) is 0 Å². The van der Waals surface area contributed by atoms with Crippen molar-refractivity contribution in [2.45, 2.75) is 24.7 Å². The van der Waals surface area contributed by atoms with Crippen molar-refractivity contribution in [2.75, 3.05) is 18.5 Å². The highest BCUT2D eigenvalue weighted by atomic mass is 32.2. The summed E-state index contributed by atoms with van der Waals surface area (Å²) >= 11 is 0. The second kappa shape index (κ2) is 12.1. The van der Waals surface area contributed by atoms with Crippen molar-refractivity contribution in [1.29, 1.82) is 5.26 Å². The molecule has 6 rings (SSSR count). The van der Waals surface area contributed by atoms with Crippen LogP contribution in [0.2, 0.25) is 0 Å². The van der Waals surface area contributed by atoms with Crippen LogP contribution in [0.3, 0.4) is 0 Å². The Morgan fingerprint density at radius 1 is 1.00 bits per heavy atom. The van der Waals surface area contributed by atoms with Crippen LogP contribution in [0.5, 0.6) is 0 Å². The highest BCUT2D eigenvalue weighted by Gasteiger charge is 2.28. The van der Waals surface area contributed by atoms with Gasteiger partial charge in [-0.25, -0.2) is 18.5 Å². The summed E-state index contributed by atoms with van der Waals surface area (Å²) < 4.78 is 36.1. The van der Waals surface area contributed by atoms with Gasteiger partial charge in [-0.3, -0.25) is 0 Å². The van der Waals surface area contributed by atoms with E-state index < -0.39 is 10.0 Å². The fourth-order valence-corrected chi connectivity index (χ4v) is 6.45. The van der Waals surface area contributed by atoms with Gasteiger partial charge in [0, 0.05) is 36.0 Å². The number of aromatic nitrogens is 3. The molecule has 0 bridgehead atoms. The van der Waals surface area contributed by atoms with Crippen LogP contribution in [-0.2, 0) is 10.0 Å². The van der Waals surface area contributed by atoms with Crippen molar-refractivity contribution in [3.05, 3.63) is 102 Å². The zero-order valence-corrected chi connectivity index (χ0v) is 24.3. The number of nitriles is 1. The van der Waals surface area contributed by atoms with Crippen LogP contribution in [0.25, 0.3) is 28.4 Å². The molecule has 0 aliphatic carbocycles. The maximum atomic E-state index is 13.5. The molecule has 3 aromatic carbocycles. The van der Waals surface area contributed by atoms with Crippen LogP contribution >= 0.6 is 0 Å². The minimum atomic E-state index is -3.65. The molecule has 1 aliphatic heterocycles. The van der Waals surface area contributed by atoms with Gasteiger partial charge in [0.1, 0.15) is 11.8 Å². The molecule has 43 heavy (non-hydrogen) atoms. The number of piperidine rings is 1. The number of benzene rings is 3. The van der Waals surface area contributed by atoms with Gasteiger partial charge in [0.2, 0.25) is 21.6 Å². The first kappa shape index (κ1) is 28.1. The zero-order valence-electron chi connectivity index (χ0n) is 23.5. The molecule has 1 saturated heterocycles. The summed E-state index contributed by atoms with van der Waals surface area (Å²) in [6, 6.07) is 27.7. The normalized spacial score (nSPS) is 14.6. The lowest BCUT2D eigenvalue weighted by molar-refractivity contribution is 0.288. The predicted octanol–water partition coefficient (Wildman–Crippen LogP) is 5.93. The standard InChI is InChI=1S/C32H29N7O3S/c1-23-15-17-38(18-16-23)43(40,41)28-14-8-11-25(19-28)30-26(22-39(37-30)27-12-6-3-7-13-27)21-34-36-32-29(20-33)35-31(42-32)24-9-4-2-5-10-24/h2-14,19,21-23,36H,15-18H2,1H3/b34-21+. The number of oxazole rings is 1. The summed E-state index contributed by atoms with van der Waals surface area (Å²) in [5.41, 5.74) is 6.22. The molecule has 0 unspecified atom stereocenters. The summed E-state index contributed by atoms with van der Waals surface area (Å²) in [5, 5.41) is 18.7. The van der Waals surface area contributed by atoms with Crippen molar-refractivity contribution in [3.8, 4) is 34.5 Å². The zero-order chi connectivity index (χ0) is 29.8. The van der Waals surface area contributed by atoms with E-state index >= 15 is 0 Å². The summed E-state index contributed by atoms with van der Waals surface area (Å²) in [6.45, 7) is 3.17. The monoisotopic (exact) mass is 591 g/mol. The van der Waals surface area contributed by atoms with E-state index in [9.17, 15) is 13.7 Å². The molecule has 0 amide bonds. The number of rotatable bonds is 8. The van der Waals surface area contributed by atoms with Crippen LogP contribution in [-0.4, -0.2) is 46.8 Å². The van der Waals surface area contributed by atoms with Crippen LogP contribution in [0, 0.1) is 17.2 Å². The minimum absolute atomic E-state index is 0.0706. The molecule has 1 N–H and O–H groups in total. The van der Waals surface area contributed by atoms with Crippen molar-refractivity contribution in [1.82, 2.24) is 19.1 Å². The van der Waals surface area contributed by atoms with E-state index in [1.165, 1.54) is 0 Å². The van der Waals surface area contributed by atoms with Gasteiger partial charge in [-0.1, -0.05) is 55.5 Å². The van der Waals surface area contributed by atoms with Crippen molar-refractivity contribution in [2.24, 2.45) is 11.0 Å². The first-order valence-corrected chi connectivity index (χ1v) is 15.4. The number of anilines is 1. The Hall–Kier alpha value is -5.05. The molecule has 10 nitrogen and oxygen atoms in total. The maximum Gasteiger partial charge on any atom is 0.252 e. The Morgan fingerprint density at radius 3 is 2.42 bits per heavy atom. The number of para-hydroxylation sites is 1. The number of hydrogen-bond donors (Lipinski definition) is 1. The number of sulfonamides is 1. The van der Waals surface area contributed by atoms with Crippen LogP contribution in [0.1, 0.15) is 31.0 Å². The number of hydrazone groups is 1. The molecule has 5 aromatic rings. The molecule has 0 saturated carbocycles. The topological polar surface area (TPSA) is 129 Å². The molecule has 1 fully saturated rings. The van der Waals surface area contributed by atoms with Gasteiger partial charge in [0.15, 0.2) is 0 Å². The molecule has 1 aliphatic rings. The average Bonchev–Trinajstić information content (AvgIpc) is 3.67. The molecule has 0 spiro atoms. The molecule has 3 heterocycles. The lowest BCUT2D eigenvalue weighted by Crippen LogP contribution is -2.37. The Morgan fingerprint density at radius 2 is 1.70 bits per heavy atom. The Bertz CT molecular complexity index is 1900. The highest BCUT2D eigenvalue weighted by molar-refractivity contribution is 7.89. The third-order valence-corrected chi connectivity index (χ3v) is 9.27. The SMILES string of the molecule is CC1CCN(S(=O)(=O)c2cccc(-c3nn(-c4ccccc4)cc3/C=N/Nc3oc(-c4ccccc4)nc3C#N)c2)CC1. The largest absolute Gasteiger partial charge is 0.417 e. The molecule has 0 radical (unpaired) electrons. The van der Waals surface area contributed by atoms with Crippen LogP contribution < -0.4 is 5.43 Å². The molecular formula is C32H29N7O3S. The second-order valence-electron chi connectivity index (χ2n) is 10.4. The van der Waals surface area contributed by atoms with E-state index in [0.717, 1.165) is 24.1 Å². The maximum absolute atomic E-state index is 13.5. The van der Waals surface area contributed by atoms with Gasteiger partial charge in [0.25, 0.3) is 5.88 Å². The van der Waals surface area contributed by atoms with E-state index in [1.54, 1.807) is 33.4 Å². The minimum Gasteiger partial charge on any atom is -0.417 e. The van der Waals surface area contributed by atoms with E-state index in [2.05, 4.69) is 22.4 Å². The predicted molar refractivity (Wildman–Crippen MR) is 164 cm³/mol.